The zero-order valence-electron chi connectivity index (χ0n) is 14.5. The van der Waals surface area contributed by atoms with Gasteiger partial charge in [0, 0.05) is 17.5 Å². The number of nitrogens with zero attached hydrogens (tertiary/aromatic N) is 2. The Kier molecular flexibility index (Phi) is 5.30. The molecule has 0 spiro atoms. The number of carboxylic acid groups (broad SMARTS) is 1. The summed E-state index contributed by atoms with van der Waals surface area (Å²) in [5, 5.41) is 23.1. The van der Waals surface area contributed by atoms with Crippen LogP contribution in [0.1, 0.15) is 6.92 Å². The Morgan fingerprint density at radius 2 is 1.78 bits per heavy atom. The van der Waals surface area contributed by atoms with Gasteiger partial charge < -0.3 is 15.1 Å². The van der Waals surface area contributed by atoms with Gasteiger partial charge in [0.2, 0.25) is 0 Å². The minimum absolute atomic E-state index is 0.308. The average molecular weight is 407 g/mol. The first kappa shape index (κ1) is 19.1. The smallest absolute Gasteiger partial charge is 0.344 e. The zero-order valence-corrected chi connectivity index (χ0v) is 16.0. The van der Waals surface area contributed by atoms with Crippen LogP contribution in [0.5, 0.6) is 5.75 Å². The number of carbonyl (C=O) groups is 1. The molecule has 8 heteroatoms. The van der Waals surface area contributed by atoms with E-state index in [2.05, 4.69) is 0 Å². The maximum atomic E-state index is 12.8. The summed E-state index contributed by atoms with van der Waals surface area (Å²) in [7, 11) is 1.75. The van der Waals surface area contributed by atoms with Crippen molar-refractivity contribution in [3.8, 4) is 5.75 Å². The standard InChI is InChI=1S/C19H16Cl2N2O4/c1-11(19(24)25)27-14-6-4-13(5-7-14)22(2)18-8-3-12-9-15(20)16(21)10-17(12)23(18)26/h3-11H,1-2H3,(H,24,25). The van der Waals surface area contributed by atoms with Crippen molar-refractivity contribution in [2.24, 2.45) is 0 Å². The van der Waals surface area contributed by atoms with Crippen molar-refractivity contribution in [1.82, 2.24) is 0 Å². The third kappa shape index (κ3) is 3.86. The van der Waals surface area contributed by atoms with E-state index in [0.717, 1.165) is 10.4 Å². The number of aromatic nitrogens is 1. The van der Waals surface area contributed by atoms with E-state index in [4.69, 9.17) is 33.0 Å². The van der Waals surface area contributed by atoms with Crippen molar-refractivity contribution < 1.29 is 19.4 Å². The van der Waals surface area contributed by atoms with Crippen LogP contribution in [0, 0.1) is 5.21 Å². The first-order valence-electron chi connectivity index (χ1n) is 8.02. The highest BCUT2D eigenvalue weighted by Gasteiger charge is 2.18. The minimum Gasteiger partial charge on any atom is -0.710 e. The summed E-state index contributed by atoms with van der Waals surface area (Å²) in [6.07, 6.45) is -0.950. The molecule has 0 aliphatic rings. The highest BCUT2D eigenvalue weighted by molar-refractivity contribution is 6.42. The molecule has 3 aromatic rings. The van der Waals surface area contributed by atoms with E-state index in [1.165, 1.54) is 13.0 Å². The monoisotopic (exact) mass is 406 g/mol. The number of aliphatic carboxylic acids is 1. The van der Waals surface area contributed by atoms with Crippen LogP contribution in [-0.4, -0.2) is 24.2 Å². The number of carboxylic acids is 1. The number of halogens is 2. The number of benzene rings is 2. The first-order chi connectivity index (χ1) is 12.8. The summed E-state index contributed by atoms with van der Waals surface area (Å²) in [5.74, 6) is -0.219. The maximum absolute atomic E-state index is 12.8. The van der Waals surface area contributed by atoms with E-state index in [9.17, 15) is 10.0 Å². The Balaban J connectivity index is 1.91. The molecule has 140 valence electrons. The molecule has 27 heavy (non-hydrogen) atoms. The summed E-state index contributed by atoms with van der Waals surface area (Å²) in [5.41, 5.74) is 1.14. The molecule has 6 nitrogen and oxygen atoms in total. The summed E-state index contributed by atoms with van der Waals surface area (Å²) in [6.45, 7) is 1.45. The Hall–Kier alpha value is -2.70. The molecule has 2 aromatic carbocycles. The van der Waals surface area contributed by atoms with Crippen molar-refractivity contribution in [3.05, 3.63) is 63.8 Å². The number of hydrogen-bond acceptors (Lipinski definition) is 4. The van der Waals surface area contributed by atoms with Crippen LogP contribution < -0.4 is 14.4 Å². The van der Waals surface area contributed by atoms with Gasteiger partial charge >= 0.3 is 5.97 Å². The second-order valence-corrected chi connectivity index (χ2v) is 6.78. The molecule has 0 radical (unpaired) electrons. The van der Waals surface area contributed by atoms with Gasteiger partial charge in [0.15, 0.2) is 6.10 Å². The minimum atomic E-state index is -1.04. The van der Waals surface area contributed by atoms with Crippen LogP contribution in [0.4, 0.5) is 11.5 Å². The van der Waals surface area contributed by atoms with Gasteiger partial charge in [0.05, 0.1) is 17.1 Å². The van der Waals surface area contributed by atoms with Crippen LogP contribution in [0.25, 0.3) is 10.9 Å². The maximum Gasteiger partial charge on any atom is 0.344 e. The summed E-state index contributed by atoms with van der Waals surface area (Å²) in [6, 6.07) is 13.4. The number of rotatable bonds is 5. The Labute approximate surface area is 165 Å². The number of pyridine rings is 1. The van der Waals surface area contributed by atoms with Gasteiger partial charge in [0.1, 0.15) is 17.0 Å². The van der Waals surface area contributed by atoms with E-state index in [-0.39, 0.29) is 0 Å². The van der Waals surface area contributed by atoms with Gasteiger partial charge in [-0.25, -0.2) is 14.4 Å². The highest BCUT2D eigenvalue weighted by Crippen LogP contribution is 2.29. The van der Waals surface area contributed by atoms with E-state index >= 15 is 0 Å². The molecule has 0 saturated carbocycles. The molecule has 3 rings (SSSR count). The van der Waals surface area contributed by atoms with Gasteiger partial charge in [-0.2, -0.15) is 0 Å². The molecule has 0 aliphatic carbocycles. The molecule has 0 fully saturated rings. The van der Waals surface area contributed by atoms with Crippen molar-refractivity contribution in [2.75, 3.05) is 11.9 Å². The molecule has 1 N–H and O–H groups in total. The number of hydrogen-bond donors (Lipinski definition) is 1. The summed E-state index contributed by atoms with van der Waals surface area (Å²) < 4.78 is 6.10. The summed E-state index contributed by atoms with van der Waals surface area (Å²) in [4.78, 5) is 12.6. The summed E-state index contributed by atoms with van der Waals surface area (Å²) >= 11 is 12.0. The molecule has 0 bridgehead atoms. The largest absolute Gasteiger partial charge is 0.710 e. The van der Waals surface area contributed by atoms with Gasteiger partial charge in [-0.3, -0.25) is 0 Å². The fraction of sp³-hybridized carbons (Fsp3) is 0.158. The lowest BCUT2D eigenvalue weighted by atomic mass is 10.2. The Morgan fingerprint density at radius 3 is 2.41 bits per heavy atom. The molecular formula is C19H16Cl2N2O4. The topological polar surface area (TPSA) is 76.7 Å². The average Bonchev–Trinajstić information content (AvgIpc) is 2.64. The van der Waals surface area contributed by atoms with Crippen molar-refractivity contribution in [2.45, 2.75) is 13.0 Å². The molecular weight excluding hydrogens is 391 g/mol. The van der Waals surface area contributed by atoms with Gasteiger partial charge in [-0.1, -0.05) is 23.2 Å². The van der Waals surface area contributed by atoms with Crippen LogP contribution >= 0.6 is 23.2 Å². The molecule has 1 atom stereocenters. The fourth-order valence-corrected chi connectivity index (χ4v) is 2.93. The van der Waals surface area contributed by atoms with E-state index < -0.39 is 12.1 Å². The molecule has 1 heterocycles. The SMILES string of the molecule is CC(Oc1ccc(N(C)c2ccc3cc(Cl)c(Cl)cc3[n+]2[O-])cc1)C(=O)O. The fourth-order valence-electron chi connectivity index (χ4n) is 2.60. The molecule has 1 unspecified atom stereocenters. The van der Waals surface area contributed by atoms with Crippen LogP contribution in [-0.2, 0) is 4.79 Å². The van der Waals surface area contributed by atoms with Gasteiger partial charge in [-0.05, 0) is 43.3 Å². The number of fused-ring (bicyclic) bond motifs is 1. The predicted octanol–water partition coefficient (Wildman–Crippen LogP) is 4.40. The predicted molar refractivity (Wildman–Crippen MR) is 105 cm³/mol. The lowest BCUT2D eigenvalue weighted by Crippen LogP contribution is -2.34. The third-order valence-corrected chi connectivity index (χ3v) is 4.86. The lowest BCUT2D eigenvalue weighted by Gasteiger charge is -2.19. The first-order valence-corrected chi connectivity index (χ1v) is 8.78. The molecule has 0 aliphatic heterocycles. The van der Waals surface area contributed by atoms with Crippen molar-refractivity contribution in [1.29, 1.82) is 0 Å². The zero-order chi connectivity index (χ0) is 19.7. The van der Waals surface area contributed by atoms with Gasteiger partial charge in [-0.15, -0.1) is 0 Å². The lowest BCUT2D eigenvalue weighted by molar-refractivity contribution is -0.563. The quantitative estimate of drug-likeness (QED) is 0.501. The molecule has 0 saturated heterocycles. The molecule has 0 amide bonds. The second kappa shape index (κ2) is 7.50. The highest BCUT2D eigenvalue weighted by atomic mass is 35.5. The normalized spacial score (nSPS) is 12.0. The number of ether oxygens (including phenoxy) is 1. The Morgan fingerprint density at radius 1 is 1.15 bits per heavy atom. The van der Waals surface area contributed by atoms with Crippen LogP contribution in [0.2, 0.25) is 10.0 Å². The van der Waals surface area contributed by atoms with E-state index in [0.29, 0.717) is 32.5 Å². The van der Waals surface area contributed by atoms with Crippen LogP contribution in [0.15, 0.2) is 48.5 Å². The molecule has 1 aromatic heterocycles. The second-order valence-electron chi connectivity index (χ2n) is 5.96. The Bertz CT molecular complexity index is 1010. The number of anilines is 2. The van der Waals surface area contributed by atoms with E-state index in [1.807, 2.05) is 0 Å². The van der Waals surface area contributed by atoms with Gasteiger partial charge in [0.25, 0.3) is 5.82 Å². The van der Waals surface area contributed by atoms with Crippen molar-refractivity contribution in [3.63, 3.8) is 0 Å². The third-order valence-electron chi connectivity index (χ3n) is 4.14. The van der Waals surface area contributed by atoms with Crippen molar-refractivity contribution >= 4 is 51.6 Å². The van der Waals surface area contributed by atoms with E-state index in [1.54, 1.807) is 54.4 Å². The van der Waals surface area contributed by atoms with Crippen LogP contribution in [0.3, 0.4) is 0 Å².